The summed E-state index contributed by atoms with van der Waals surface area (Å²) in [5.41, 5.74) is 0. The van der Waals surface area contributed by atoms with Crippen molar-refractivity contribution >= 4 is 118 Å². The highest BCUT2D eigenvalue weighted by Gasteiger charge is 2.32. The molecule has 94 heavy (non-hydrogen) atoms. The minimum Gasteiger partial charge on any atom is -0.355 e. The molecule has 0 saturated heterocycles. The van der Waals surface area contributed by atoms with Gasteiger partial charge in [0.1, 0.15) is 0 Å². The molecule has 2 rings (SSSR count). The SMILES string of the molecule is CCCCCCCCCCCCCCCCNC(=O)CSC1=C(SCC(=O)NCCCCCCCCCCCCCCCC)SC(=C2SC(SCC(=O)NCCCCCCCCCCCCCCCC)=C(SCC(=O)NCCCCCCCCCCCCCCCC)S2)S1. The van der Waals surface area contributed by atoms with Crippen molar-refractivity contribution in [3.63, 3.8) is 0 Å². The van der Waals surface area contributed by atoms with E-state index in [1.807, 2.05) is 0 Å². The van der Waals surface area contributed by atoms with Crippen LogP contribution in [0.2, 0.25) is 0 Å². The largest absolute Gasteiger partial charge is 0.355 e. The van der Waals surface area contributed by atoms with E-state index in [-0.39, 0.29) is 23.6 Å². The molecule has 8 nitrogen and oxygen atoms in total. The molecule has 16 heteroatoms. The van der Waals surface area contributed by atoms with Crippen molar-refractivity contribution in [2.24, 2.45) is 0 Å². The Balaban J connectivity index is 1.98. The number of nitrogens with one attached hydrogen (secondary N) is 4. The molecule has 0 bridgehead atoms. The highest BCUT2D eigenvalue weighted by molar-refractivity contribution is 8.45. The van der Waals surface area contributed by atoms with Gasteiger partial charge in [0.25, 0.3) is 0 Å². The summed E-state index contributed by atoms with van der Waals surface area (Å²) in [6.45, 7) is 12.0. The Morgan fingerprint density at radius 2 is 0.340 bits per heavy atom. The molecule has 0 unspecified atom stereocenters. The number of hydrogen-bond acceptors (Lipinski definition) is 12. The number of rotatable bonds is 72. The smallest absolute Gasteiger partial charge is 0.230 e. The fourth-order valence-electron chi connectivity index (χ4n) is 12.0. The van der Waals surface area contributed by atoms with Gasteiger partial charge in [-0.25, -0.2) is 0 Å². The van der Waals surface area contributed by atoms with Crippen LogP contribution in [-0.2, 0) is 19.2 Å². The topological polar surface area (TPSA) is 116 Å². The van der Waals surface area contributed by atoms with E-state index in [1.54, 1.807) is 94.1 Å². The van der Waals surface area contributed by atoms with E-state index in [0.29, 0.717) is 49.2 Å². The molecule has 0 spiro atoms. The molecule has 0 radical (unpaired) electrons. The maximum absolute atomic E-state index is 13.4. The third kappa shape index (κ3) is 56.5. The maximum Gasteiger partial charge on any atom is 0.230 e. The van der Waals surface area contributed by atoms with Crippen LogP contribution in [0.4, 0.5) is 0 Å². The van der Waals surface area contributed by atoms with E-state index in [0.717, 1.165) is 76.8 Å². The van der Waals surface area contributed by atoms with Gasteiger partial charge in [-0.05, 0) is 25.7 Å². The molecule has 548 valence electrons. The highest BCUT2D eigenvalue weighted by Crippen LogP contribution is 2.66. The Hall–Kier alpha value is -0.100. The number of carbonyl (C=O) groups excluding carboxylic acids is 4. The van der Waals surface area contributed by atoms with Crippen molar-refractivity contribution < 1.29 is 19.2 Å². The number of unbranched alkanes of at least 4 members (excludes halogenated alkanes) is 52. The van der Waals surface area contributed by atoms with Crippen molar-refractivity contribution in [2.75, 3.05) is 49.2 Å². The summed E-state index contributed by atoms with van der Waals surface area (Å²) >= 11 is 13.2. The van der Waals surface area contributed by atoms with Crippen LogP contribution in [0.5, 0.6) is 0 Å². The molecule has 4 amide bonds. The average molecular weight is 1460 g/mol. The molecular formula is C78H144N4O4S8. The van der Waals surface area contributed by atoms with Crippen molar-refractivity contribution in [1.29, 1.82) is 0 Å². The fourth-order valence-corrected chi connectivity index (χ4v) is 23.3. The molecular weight excluding hydrogens is 1310 g/mol. The number of amides is 4. The Kier molecular flexibility index (Phi) is 67.0. The molecule has 4 N–H and O–H groups in total. The first kappa shape index (κ1) is 90.0. The van der Waals surface area contributed by atoms with E-state index in [9.17, 15) is 19.2 Å². The summed E-state index contributed by atoms with van der Waals surface area (Å²) in [5, 5.41) is 12.8. The second kappa shape index (κ2) is 70.0. The van der Waals surface area contributed by atoms with Crippen LogP contribution in [-0.4, -0.2) is 72.8 Å². The van der Waals surface area contributed by atoms with Crippen LogP contribution in [0.25, 0.3) is 0 Å². The van der Waals surface area contributed by atoms with Gasteiger partial charge >= 0.3 is 0 Å². The molecule has 2 aliphatic rings. The van der Waals surface area contributed by atoms with E-state index in [2.05, 4.69) is 49.0 Å². The number of hydrogen-bond donors (Lipinski definition) is 4. The summed E-state index contributed by atoms with van der Waals surface area (Å²) in [6.07, 6.45) is 73.7. The first-order valence-electron chi connectivity index (χ1n) is 39.8. The first-order valence-corrected chi connectivity index (χ1v) is 47.0. The molecule has 0 aliphatic carbocycles. The van der Waals surface area contributed by atoms with Gasteiger partial charge in [0.2, 0.25) is 23.6 Å². The predicted octanol–water partition coefficient (Wildman–Crippen LogP) is 26.6. The molecule has 0 aromatic carbocycles. The van der Waals surface area contributed by atoms with Crippen molar-refractivity contribution in [3.05, 3.63) is 25.4 Å². The van der Waals surface area contributed by atoms with Crippen LogP contribution in [0.3, 0.4) is 0 Å². The van der Waals surface area contributed by atoms with Gasteiger partial charge in [-0.15, -0.1) is 47.0 Å². The molecule has 2 heterocycles. The lowest BCUT2D eigenvalue weighted by atomic mass is 10.0. The number of thioether (sulfide) groups is 8. The summed E-state index contributed by atoms with van der Waals surface area (Å²) in [4.78, 5) is 53.5. The Morgan fingerprint density at radius 3 is 0.479 bits per heavy atom. The monoisotopic (exact) mass is 1460 g/mol. The van der Waals surface area contributed by atoms with Gasteiger partial charge in [0.05, 0.1) is 48.4 Å². The van der Waals surface area contributed by atoms with Crippen molar-refractivity contribution in [2.45, 2.75) is 387 Å². The second-order valence-electron chi connectivity index (χ2n) is 27.1. The quantitative estimate of drug-likeness (QED) is 0.0435. The number of carbonyl (C=O) groups is 4. The minimum absolute atomic E-state index is 0.0584. The van der Waals surface area contributed by atoms with E-state index in [4.69, 9.17) is 0 Å². The van der Waals surface area contributed by atoms with E-state index >= 15 is 0 Å². The van der Waals surface area contributed by atoms with Gasteiger partial charge < -0.3 is 21.3 Å². The van der Waals surface area contributed by atoms with Gasteiger partial charge in [-0.2, -0.15) is 0 Å². The summed E-state index contributed by atoms with van der Waals surface area (Å²) in [6, 6.07) is 0. The van der Waals surface area contributed by atoms with Crippen LogP contribution < -0.4 is 21.3 Å². The molecule has 0 aromatic heterocycles. The molecule has 0 saturated carbocycles. The van der Waals surface area contributed by atoms with Gasteiger partial charge in [-0.3, -0.25) is 19.2 Å². The van der Waals surface area contributed by atoms with E-state index in [1.165, 1.54) is 308 Å². The van der Waals surface area contributed by atoms with Gasteiger partial charge in [0.15, 0.2) is 0 Å². The van der Waals surface area contributed by atoms with Crippen LogP contribution in [0, 0.1) is 0 Å². The lowest BCUT2D eigenvalue weighted by Gasteiger charge is -2.08. The normalized spacial score (nSPS) is 13.3. The predicted molar refractivity (Wildman–Crippen MR) is 435 cm³/mol. The Bertz CT molecular complexity index is 1660. The zero-order valence-corrected chi connectivity index (χ0v) is 67.7. The van der Waals surface area contributed by atoms with Gasteiger partial charge in [-0.1, -0.05) is 409 Å². The fraction of sp³-hybridized carbons (Fsp3) is 0.872. The van der Waals surface area contributed by atoms with Crippen LogP contribution in [0.15, 0.2) is 25.4 Å². The summed E-state index contributed by atoms with van der Waals surface area (Å²) < 4.78 is 6.59. The van der Waals surface area contributed by atoms with Crippen LogP contribution in [0.1, 0.15) is 387 Å². The van der Waals surface area contributed by atoms with Crippen LogP contribution >= 0.6 is 94.1 Å². The zero-order chi connectivity index (χ0) is 67.5. The van der Waals surface area contributed by atoms with Crippen molar-refractivity contribution in [1.82, 2.24) is 21.3 Å². The van der Waals surface area contributed by atoms with E-state index < -0.39 is 0 Å². The standard InChI is InChI=1S/C78H144N4O4S8/c1-5-9-13-17-21-25-29-33-37-41-45-49-53-57-61-79-69(83)65-87-73-74(88-66-70(84)80-62-58-54-50-46-42-38-34-30-26-22-18-14-10-6-2)92-77(91-73)78-93-75(89-67-71(85)81-63-59-55-51-47-43-39-35-31-27-23-19-15-11-7-3)76(94-78)90-68-72(86)82-64-60-56-52-48-44-40-36-32-28-24-20-16-12-8-4/h5-68H2,1-4H3,(H,79,83)(H,80,84)(H,81,85)(H,82,86). The lowest BCUT2D eigenvalue weighted by molar-refractivity contribution is -0.119. The summed E-state index contributed by atoms with van der Waals surface area (Å²) in [7, 11) is 0. The minimum atomic E-state index is 0.0584. The third-order valence-electron chi connectivity index (χ3n) is 18.0. The average Bonchev–Trinajstić information content (AvgIpc) is 1.67. The van der Waals surface area contributed by atoms with Gasteiger partial charge in [0, 0.05) is 26.2 Å². The molecule has 0 aromatic rings. The maximum atomic E-state index is 13.4. The third-order valence-corrected chi connectivity index (χ3v) is 29.6. The Labute approximate surface area is 615 Å². The Morgan fingerprint density at radius 1 is 0.213 bits per heavy atom. The summed E-state index contributed by atoms with van der Waals surface area (Å²) in [5.74, 6) is 1.58. The zero-order valence-electron chi connectivity index (χ0n) is 61.2. The van der Waals surface area contributed by atoms with Crippen molar-refractivity contribution in [3.8, 4) is 0 Å². The molecule has 0 fully saturated rings. The lowest BCUT2D eigenvalue weighted by Crippen LogP contribution is -2.26. The molecule has 2 aliphatic heterocycles. The molecule has 0 atom stereocenters. The highest BCUT2D eigenvalue weighted by atomic mass is 32.3. The first-order chi connectivity index (χ1) is 46.3. The second-order valence-corrected chi connectivity index (χ2v) is 36.6.